The number of esters is 1. The number of hydrogen-bond acceptors (Lipinski definition) is 5. The quantitative estimate of drug-likeness (QED) is 0.554. The molecular weight excluding hydrogens is 310 g/mol. The average molecular weight is 337 g/mol. The summed E-state index contributed by atoms with van der Waals surface area (Å²) in [6, 6.07) is 4.80. The third kappa shape index (κ3) is 6.10. The van der Waals surface area contributed by atoms with E-state index in [0.29, 0.717) is 23.7 Å². The van der Waals surface area contributed by atoms with E-state index in [1.165, 1.54) is 14.0 Å². The van der Waals surface area contributed by atoms with Gasteiger partial charge in [0.2, 0.25) is 0 Å². The molecule has 1 unspecified atom stereocenters. The molecule has 1 aromatic rings. The number of rotatable bonds is 9. The molecular formula is C18H27NO5. The van der Waals surface area contributed by atoms with Gasteiger partial charge in [0.15, 0.2) is 17.6 Å². The predicted octanol–water partition coefficient (Wildman–Crippen LogP) is 2.94. The van der Waals surface area contributed by atoms with Crippen LogP contribution in [0.2, 0.25) is 0 Å². The molecule has 1 amide bonds. The minimum atomic E-state index is -0.869. The molecule has 0 aliphatic carbocycles. The second-order valence-corrected chi connectivity index (χ2v) is 5.78. The number of methoxy groups -OCH3 is 1. The lowest BCUT2D eigenvalue weighted by Gasteiger charge is -2.16. The Hall–Kier alpha value is -2.24. The summed E-state index contributed by atoms with van der Waals surface area (Å²) in [6.07, 6.45) is 1.10. The van der Waals surface area contributed by atoms with Gasteiger partial charge in [-0.25, -0.2) is 4.79 Å². The average Bonchev–Trinajstić information content (AvgIpc) is 2.54. The van der Waals surface area contributed by atoms with Crippen LogP contribution in [0.15, 0.2) is 18.2 Å². The van der Waals surface area contributed by atoms with Gasteiger partial charge in [-0.3, -0.25) is 4.79 Å². The zero-order valence-corrected chi connectivity index (χ0v) is 15.0. The molecule has 1 rings (SSSR count). The number of nitrogens with one attached hydrogen (secondary N) is 1. The smallest absolute Gasteiger partial charge is 0.339 e. The molecule has 0 bridgehead atoms. The van der Waals surface area contributed by atoms with Gasteiger partial charge in [0.05, 0.1) is 19.3 Å². The lowest BCUT2D eigenvalue weighted by molar-refractivity contribution is -0.129. The lowest BCUT2D eigenvalue weighted by atomic mass is 10.2. The van der Waals surface area contributed by atoms with E-state index in [1.54, 1.807) is 18.2 Å². The van der Waals surface area contributed by atoms with E-state index in [0.717, 1.165) is 12.8 Å². The molecule has 0 heterocycles. The molecule has 134 valence electrons. The van der Waals surface area contributed by atoms with Crippen LogP contribution in [0, 0.1) is 0 Å². The Morgan fingerprint density at radius 1 is 1.17 bits per heavy atom. The largest absolute Gasteiger partial charge is 0.493 e. The van der Waals surface area contributed by atoms with Crippen molar-refractivity contribution < 1.29 is 23.8 Å². The summed E-state index contributed by atoms with van der Waals surface area (Å²) >= 11 is 0. The van der Waals surface area contributed by atoms with Crippen molar-refractivity contribution in [2.45, 2.75) is 52.7 Å². The number of unbranched alkanes of at least 4 members (excludes halogenated alkanes) is 1. The van der Waals surface area contributed by atoms with Crippen LogP contribution in [0.3, 0.4) is 0 Å². The van der Waals surface area contributed by atoms with Gasteiger partial charge in [-0.2, -0.15) is 0 Å². The molecule has 0 radical (unpaired) electrons. The molecule has 0 aliphatic heterocycles. The number of carbonyl (C=O) groups is 2. The third-order valence-corrected chi connectivity index (χ3v) is 3.24. The number of hydrogen-bond donors (Lipinski definition) is 1. The van der Waals surface area contributed by atoms with Crippen molar-refractivity contribution in [1.29, 1.82) is 0 Å². The van der Waals surface area contributed by atoms with Crippen molar-refractivity contribution in [3.8, 4) is 11.5 Å². The van der Waals surface area contributed by atoms with Crippen LogP contribution < -0.4 is 14.8 Å². The van der Waals surface area contributed by atoms with Crippen molar-refractivity contribution in [3.05, 3.63) is 23.8 Å². The maximum atomic E-state index is 12.2. The van der Waals surface area contributed by atoms with Crippen LogP contribution in [0.1, 0.15) is 50.9 Å². The summed E-state index contributed by atoms with van der Waals surface area (Å²) in [6.45, 7) is 7.89. The maximum absolute atomic E-state index is 12.2. The summed E-state index contributed by atoms with van der Waals surface area (Å²) < 4.78 is 16.1. The molecule has 1 atom stereocenters. The first-order valence-corrected chi connectivity index (χ1v) is 8.21. The van der Waals surface area contributed by atoms with E-state index in [1.807, 2.05) is 13.8 Å². The standard InChI is InChI=1S/C18H27NO5/c1-6-7-10-23-15-9-8-14(11-16(15)22-5)18(21)24-13(4)17(20)19-12(2)3/h8-9,11-13H,6-7,10H2,1-5H3,(H,19,20). The van der Waals surface area contributed by atoms with E-state index in [2.05, 4.69) is 12.2 Å². The Balaban J connectivity index is 2.75. The Bertz CT molecular complexity index is 556. The molecule has 6 heteroatoms. The first kappa shape index (κ1) is 19.8. The van der Waals surface area contributed by atoms with Gasteiger partial charge in [-0.15, -0.1) is 0 Å². The zero-order valence-electron chi connectivity index (χ0n) is 15.0. The van der Waals surface area contributed by atoms with Crippen molar-refractivity contribution in [3.63, 3.8) is 0 Å². The highest BCUT2D eigenvalue weighted by atomic mass is 16.5. The topological polar surface area (TPSA) is 73.9 Å². The molecule has 6 nitrogen and oxygen atoms in total. The van der Waals surface area contributed by atoms with Crippen molar-refractivity contribution in [1.82, 2.24) is 5.32 Å². The molecule has 0 aliphatic rings. The molecule has 1 N–H and O–H groups in total. The Kier molecular flexibility index (Phi) is 8.09. The second-order valence-electron chi connectivity index (χ2n) is 5.78. The van der Waals surface area contributed by atoms with Gasteiger partial charge >= 0.3 is 5.97 Å². The molecule has 1 aromatic carbocycles. The Morgan fingerprint density at radius 2 is 1.88 bits per heavy atom. The molecule has 24 heavy (non-hydrogen) atoms. The van der Waals surface area contributed by atoms with E-state index >= 15 is 0 Å². The monoisotopic (exact) mass is 337 g/mol. The summed E-state index contributed by atoms with van der Waals surface area (Å²) in [5.41, 5.74) is 0.305. The lowest BCUT2D eigenvalue weighted by Crippen LogP contribution is -2.39. The van der Waals surface area contributed by atoms with E-state index < -0.39 is 12.1 Å². The fourth-order valence-electron chi connectivity index (χ4n) is 1.92. The normalized spacial score (nSPS) is 11.8. The second kappa shape index (κ2) is 9.80. The van der Waals surface area contributed by atoms with Crippen LogP contribution in [0.4, 0.5) is 0 Å². The molecule has 0 saturated carbocycles. The summed E-state index contributed by atoms with van der Waals surface area (Å²) in [4.78, 5) is 24.0. The van der Waals surface area contributed by atoms with E-state index in [9.17, 15) is 9.59 Å². The van der Waals surface area contributed by atoms with Crippen LogP contribution in [0.25, 0.3) is 0 Å². The fourth-order valence-corrected chi connectivity index (χ4v) is 1.92. The van der Waals surface area contributed by atoms with Gasteiger partial charge in [-0.05, 0) is 45.4 Å². The molecule has 0 fully saturated rings. The first-order chi connectivity index (χ1) is 11.4. The molecule has 0 aromatic heterocycles. The van der Waals surface area contributed by atoms with E-state index in [-0.39, 0.29) is 11.9 Å². The number of benzene rings is 1. The highest BCUT2D eigenvalue weighted by Crippen LogP contribution is 2.28. The summed E-state index contributed by atoms with van der Waals surface area (Å²) in [5.74, 6) is 0.123. The number of carbonyl (C=O) groups excluding carboxylic acids is 2. The Labute approximate surface area is 143 Å². The Morgan fingerprint density at radius 3 is 2.46 bits per heavy atom. The zero-order chi connectivity index (χ0) is 18.1. The van der Waals surface area contributed by atoms with Gasteiger partial charge in [0.1, 0.15) is 0 Å². The first-order valence-electron chi connectivity index (χ1n) is 8.21. The van der Waals surface area contributed by atoms with Gasteiger partial charge in [-0.1, -0.05) is 13.3 Å². The SMILES string of the molecule is CCCCOc1ccc(C(=O)OC(C)C(=O)NC(C)C)cc1OC. The van der Waals surface area contributed by atoms with Crippen molar-refractivity contribution >= 4 is 11.9 Å². The van der Waals surface area contributed by atoms with Crippen molar-refractivity contribution in [2.24, 2.45) is 0 Å². The minimum Gasteiger partial charge on any atom is -0.493 e. The fraction of sp³-hybridized carbons (Fsp3) is 0.556. The van der Waals surface area contributed by atoms with Crippen molar-refractivity contribution in [2.75, 3.05) is 13.7 Å². The molecule has 0 spiro atoms. The van der Waals surface area contributed by atoms with Crippen LogP contribution >= 0.6 is 0 Å². The van der Waals surface area contributed by atoms with Gasteiger partial charge < -0.3 is 19.5 Å². The number of amides is 1. The highest BCUT2D eigenvalue weighted by molar-refractivity contribution is 5.92. The van der Waals surface area contributed by atoms with Crippen LogP contribution in [-0.2, 0) is 9.53 Å². The predicted molar refractivity (Wildman–Crippen MR) is 91.6 cm³/mol. The summed E-state index contributed by atoms with van der Waals surface area (Å²) in [7, 11) is 1.51. The highest BCUT2D eigenvalue weighted by Gasteiger charge is 2.20. The number of ether oxygens (including phenoxy) is 3. The van der Waals surface area contributed by atoms with Crippen LogP contribution in [0.5, 0.6) is 11.5 Å². The van der Waals surface area contributed by atoms with E-state index in [4.69, 9.17) is 14.2 Å². The van der Waals surface area contributed by atoms with Gasteiger partial charge in [0.25, 0.3) is 5.91 Å². The van der Waals surface area contributed by atoms with Crippen LogP contribution in [-0.4, -0.2) is 37.7 Å². The summed E-state index contributed by atoms with van der Waals surface area (Å²) in [5, 5.41) is 2.70. The third-order valence-electron chi connectivity index (χ3n) is 3.24. The molecule has 0 saturated heterocycles. The minimum absolute atomic E-state index is 0.0155. The maximum Gasteiger partial charge on any atom is 0.339 e. The van der Waals surface area contributed by atoms with Gasteiger partial charge in [0, 0.05) is 6.04 Å².